The summed E-state index contributed by atoms with van der Waals surface area (Å²) >= 11 is 1.63. The first kappa shape index (κ1) is 20.7. The fourth-order valence-corrected chi connectivity index (χ4v) is 3.77. The maximum absolute atomic E-state index is 12.7. The van der Waals surface area contributed by atoms with Crippen LogP contribution in [-0.4, -0.2) is 22.3 Å². The van der Waals surface area contributed by atoms with Gasteiger partial charge in [-0.1, -0.05) is 49.5 Å². The van der Waals surface area contributed by atoms with E-state index in [-0.39, 0.29) is 23.2 Å². The lowest BCUT2D eigenvalue weighted by Gasteiger charge is -2.18. The van der Waals surface area contributed by atoms with Gasteiger partial charge in [0.15, 0.2) is 5.50 Å². The predicted molar refractivity (Wildman–Crippen MR) is 118 cm³/mol. The maximum Gasteiger partial charge on any atom is 0.248 e. The van der Waals surface area contributed by atoms with Crippen LogP contribution in [0.2, 0.25) is 0 Å². The van der Waals surface area contributed by atoms with Crippen molar-refractivity contribution in [3.05, 3.63) is 71.9 Å². The monoisotopic (exact) mass is 408 g/mol. The second kappa shape index (κ2) is 9.43. The Morgan fingerprint density at radius 2 is 2.14 bits per heavy atom. The molecule has 0 saturated carbocycles. The van der Waals surface area contributed by atoms with Gasteiger partial charge in [0.05, 0.1) is 5.92 Å². The quantitative estimate of drug-likeness (QED) is 0.604. The molecule has 1 aliphatic heterocycles. The number of hydrogen-bond acceptors (Lipinski definition) is 5. The van der Waals surface area contributed by atoms with Crippen molar-refractivity contribution in [3.8, 4) is 11.1 Å². The molecule has 0 radical (unpaired) electrons. The van der Waals surface area contributed by atoms with Gasteiger partial charge in [-0.25, -0.2) is 4.98 Å². The number of carbonyl (C=O) groups is 2. The van der Waals surface area contributed by atoms with Gasteiger partial charge in [-0.05, 0) is 42.7 Å². The molecule has 7 heteroatoms. The highest BCUT2D eigenvalue weighted by molar-refractivity contribution is 8.03. The average Bonchev–Trinajstić information content (AvgIpc) is 3.21. The summed E-state index contributed by atoms with van der Waals surface area (Å²) in [5.74, 6) is -0.159. The Morgan fingerprint density at radius 1 is 1.31 bits per heavy atom. The van der Waals surface area contributed by atoms with Crippen LogP contribution in [0.25, 0.3) is 11.1 Å². The van der Waals surface area contributed by atoms with E-state index in [1.54, 1.807) is 24.0 Å². The van der Waals surface area contributed by atoms with Gasteiger partial charge in [0.2, 0.25) is 11.8 Å². The number of thioether (sulfide) groups is 1. The van der Waals surface area contributed by atoms with Crippen LogP contribution in [0.4, 0.5) is 5.82 Å². The minimum Gasteiger partial charge on any atom is -0.362 e. The molecule has 0 spiro atoms. The summed E-state index contributed by atoms with van der Waals surface area (Å²) in [4.78, 5) is 29.5. The summed E-state index contributed by atoms with van der Waals surface area (Å²) in [7, 11) is 0. The minimum atomic E-state index is -0.303. The van der Waals surface area contributed by atoms with E-state index < -0.39 is 0 Å². The van der Waals surface area contributed by atoms with Crippen LogP contribution in [0.3, 0.4) is 0 Å². The third-order valence-electron chi connectivity index (χ3n) is 4.60. The molecule has 3 rings (SSSR count). The van der Waals surface area contributed by atoms with Crippen molar-refractivity contribution in [2.75, 3.05) is 5.32 Å². The fourth-order valence-electron chi connectivity index (χ4n) is 2.85. The van der Waals surface area contributed by atoms with E-state index in [2.05, 4.69) is 34.4 Å². The largest absolute Gasteiger partial charge is 0.362 e. The van der Waals surface area contributed by atoms with Crippen molar-refractivity contribution in [2.24, 2.45) is 0 Å². The molecule has 2 atom stereocenters. The topological polar surface area (TPSA) is 83.1 Å². The molecule has 1 aromatic heterocycles. The normalized spacial score (nSPS) is 16.3. The van der Waals surface area contributed by atoms with Crippen LogP contribution < -0.4 is 16.0 Å². The van der Waals surface area contributed by atoms with E-state index in [4.69, 9.17) is 0 Å². The average molecular weight is 409 g/mol. The van der Waals surface area contributed by atoms with Crippen molar-refractivity contribution in [3.63, 3.8) is 0 Å². The number of nitrogens with zero attached hydrogens (tertiary/aromatic N) is 1. The summed E-state index contributed by atoms with van der Waals surface area (Å²) < 4.78 is 0. The Kier molecular flexibility index (Phi) is 6.72. The molecule has 3 N–H and O–H groups in total. The number of amides is 2. The lowest BCUT2D eigenvalue weighted by atomic mass is 9.96. The first-order valence-electron chi connectivity index (χ1n) is 9.42. The number of rotatable bonds is 7. The Hall–Kier alpha value is -3.06. The smallest absolute Gasteiger partial charge is 0.248 e. The van der Waals surface area contributed by atoms with Crippen molar-refractivity contribution in [2.45, 2.75) is 31.7 Å². The van der Waals surface area contributed by atoms with Crippen molar-refractivity contribution < 1.29 is 9.59 Å². The van der Waals surface area contributed by atoms with Gasteiger partial charge in [-0.15, -0.1) is 0 Å². The van der Waals surface area contributed by atoms with Crippen LogP contribution in [0, 0.1) is 0 Å². The number of benzene rings is 1. The van der Waals surface area contributed by atoms with Gasteiger partial charge < -0.3 is 16.0 Å². The van der Waals surface area contributed by atoms with Crippen LogP contribution in [0.5, 0.6) is 0 Å². The Labute approximate surface area is 174 Å². The molecule has 0 saturated heterocycles. The van der Waals surface area contributed by atoms with Gasteiger partial charge >= 0.3 is 0 Å². The molecule has 2 aromatic rings. The lowest BCUT2D eigenvalue weighted by Crippen LogP contribution is -2.40. The molecule has 150 valence electrons. The van der Waals surface area contributed by atoms with E-state index in [1.165, 1.54) is 11.0 Å². The zero-order valence-electron chi connectivity index (χ0n) is 16.4. The molecule has 0 fully saturated rings. The van der Waals surface area contributed by atoms with Crippen molar-refractivity contribution in [1.82, 2.24) is 15.6 Å². The predicted octanol–water partition coefficient (Wildman–Crippen LogP) is 3.96. The zero-order chi connectivity index (χ0) is 20.8. The standard InChI is InChI=1S/C22H24N4O2S/c1-4-18-13-24-22(29-18)26-21(28)14(3)15-7-6-8-16(11-15)17-9-10-19(23-12-17)25-20(27)5-2/h5-14,22,24H,2,4H2,1,3H3,(H,26,28)(H,23,25,27). The molecular formula is C22H24N4O2S. The Morgan fingerprint density at radius 3 is 2.79 bits per heavy atom. The summed E-state index contributed by atoms with van der Waals surface area (Å²) in [6.07, 6.45) is 5.80. The molecule has 2 unspecified atom stereocenters. The van der Waals surface area contributed by atoms with E-state index in [1.807, 2.05) is 43.5 Å². The van der Waals surface area contributed by atoms with Crippen LogP contribution in [0.15, 0.2) is 66.4 Å². The second-order valence-electron chi connectivity index (χ2n) is 6.61. The number of anilines is 1. The van der Waals surface area contributed by atoms with Crippen molar-refractivity contribution >= 4 is 29.4 Å². The molecule has 1 aromatic carbocycles. The van der Waals surface area contributed by atoms with Gasteiger partial charge in [-0.2, -0.15) is 0 Å². The molecule has 6 nitrogen and oxygen atoms in total. The molecule has 0 bridgehead atoms. The molecule has 2 heterocycles. The van der Waals surface area contributed by atoms with E-state index in [0.29, 0.717) is 5.82 Å². The highest BCUT2D eigenvalue weighted by Gasteiger charge is 2.22. The maximum atomic E-state index is 12.7. The first-order chi connectivity index (χ1) is 14.0. The van der Waals surface area contributed by atoms with Crippen LogP contribution in [-0.2, 0) is 9.59 Å². The van der Waals surface area contributed by atoms with E-state index in [9.17, 15) is 9.59 Å². The Balaban J connectivity index is 1.67. The minimum absolute atomic E-state index is 0.0292. The highest BCUT2D eigenvalue weighted by Crippen LogP contribution is 2.28. The first-order valence-corrected chi connectivity index (χ1v) is 10.3. The SMILES string of the molecule is C=CC(=O)Nc1ccc(-c2cccc(C(C)C(=O)NC3NC=C(CC)S3)c2)cn1. The van der Waals surface area contributed by atoms with Crippen LogP contribution >= 0.6 is 11.8 Å². The summed E-state index contributed by atoms with van der Waals surface area (Å²) in [6, 6.07) is 11.5. The number of allylic oxidation sites excluding steroid dienone is 1. The molecule has 2 amide bonds. The van der Waals surface area contributed by atoms with Gasteiger partial charge in [0.1, 0.15) is 5.82 Å². The van der Waals surface area contributed by atoms with Gasteiger partial charge in [0.25, 0.3) is 0 Å². The van der Waals surface area contributed by atoms with E-state index >= 15 is 0 Å². The number of nitrogens with one attached hydrogen (secondary N) is 3. The summed E-state index contributed by atoms with van der Waals surface area (Å²) in [5, 5.41) is 8.83. The molecule has 1 aliphatic rings. The van der Waals surface area contributed by atoms with Gasteiger partial charge in [-0.3, -0.25) is 9.59 Å². The van der Waals surface area contributed by atoms with Crippen LogP contribution in [0.1, 0.15) is 31.7 Å². The number of aromatic nitrogens is 1. The number of hydrogen-bond donors (Lipinski definition) is 3. The molecule has 0 aliphatic carbocycles. The zero-order valence-corrected chi connectivity index (χ0v) is 17.3. The molecular weight excluding hydrogens is 384 g/mol. The summed E-state index contributed by atoms with van der Waals surface area (Å²) in [5.41, 5.74) is 2.67. The second-order valence-corrected chi connectivity index (χ2v) is 7.84. The Bertz CT molecular complexity index is 940. The van der Waals surface area contributed by atoms with E-state index in [0.717, 1.165) is 23.1 Å². The highest BCUT2D eigenvalue weighted by atomic mass is 32.2. The van der Waals surface area contributed by atoms with Gasteiger partial charge in [0, 0.05) is 22.9 Å². The number of carbonyl (C=O) groups excluding carboxylic acids is 2. The van der Waals surface area contributed by atoms with Crippen molar-refractivity contribution in [1.29, 1.82) is 0 Å². The summed E-state index contributed by atoms with van der Waals surface area (Å²) in [6.45, 7) is 7.41. The molecule has 29 heavy (non-hydrogen) atoms. The third-order valence-corrected chi connectivity index (χ3v) is 5.80. The third kappa shape index (κ3) is 5.26. The number of pyridine rings is 1. The fraction of sp³-hybridized carbons (Fsp3) is 0.227. The lowest BCUT2D eigenvalue weighted by molar-refractivity contribution is -0.122.